The lowest BCUT2D eigenvalue weighted by Gasteiger charge is -2.16. The van der Waals surface area contributed by atoms with Crippen LogP contribution < -0.4 is 5.09 Å². The molecule has 0 aliphatic carbocycles. The van der Waals surface area contributed by atoms with Crippen molar-refractivity contribution < 1.29 is 17.7 Å². The van der Waals surface area contributed by atoms with Crippen molar-refractivity contribution in [3.05, 3.63) is 113 Å². The number of benzene rings is 3. The molecule has 0 fully saturated rings. The van der Waals surface area contributed by atoms with Crippen molar-refractivity contribution in [1.82, 2.24) is 0 Å². The molecule has 0 bridgehead atoms. The first-order valence-corrected chi connectivity index (χ1v) is 11.3. The molecule has 154 valence electrons. The average Bonchev–Trinajstić information content (AvgIpc) is 2.75. The number of rotatable bonds is 6. The molecule has 1 unspecified atom stereocenters. The van der Waals surface area contributed by atoms with E-state index in [1.807, 2.05) is 0 Å². The molecule has 3 rings (SSSR count). The van der Waals surface area contributed by atoms with Crippen LogP contribution in [0.4, 0.5) is 18.9 Å². The number of hydrogen-bond donors (Lipinski definition) is 1. The Labute approximate surface area is 182 Å². The predicted molar refractivity (Wildman–Crippen MR) is 118 cm³/mol. The van der Waals surface area contributed by atoms with Gasteiger partial charge in [-0.1, -0.05) is 83.9 Å². The van der Waals surface area contributed by atoms with E-state index in [1.54, 1.807) is 60.7 Å². The van der Waals surface area contributed by atoms with Crippen LogP contribution in [0.1, 0.15) is 11.1 Å². The molecule has 3 aromatic carbocycles. The number of halogens is 5. The van der Waals surface area contributed by atoms with Gasteiger partial charge < -0.3 is 5.09 Å². The van der Waals surface area contributed by atoms with Crippen molar-refractivity contribution in [2.45, 2.75) is 0 Å². The zero-order valence-electron chi connectivity index (χ0n) is 15.3. The maximum atomic E-state index is 14.2. The molecule has 0 spiro atoms. The summed E-state index contributed by atoms with van der Waals surface area (Å²) in [7, 11) is -3.81. The second-order valence-corrected chi connectivity index (χ2v) is 9.20. The van der Waals surface area contributed by atoms with Crippen molar-refractivity contribution in [2.75, 3.05) is 5.09 Å². The first kappa shape index (κ1) is 22.2. The summed E-state index contributed by atoms with van der Waals surface area (Å²) in [6.07, 6.45) is 0. The van der Waals surface area contributed by atoms with Crippen LogP contribution in [0.5, 0.6) is 0 Å². The summed E-state index contributed by atoms with van der Waals surface area (Å²) in [4.78, 5) is 0. The van der Waals surface area contributed by atoms with E-state index in [0.29, 0.717) is 11.1 Å². The Morgan fingerprint density at radius 3 is 1.67 bits per heavy atom. The van der Waals surface area contributed by atoms with Crippen molar-refractivity contribution in [1.29, 1.82) is 0 Å². The summed E-state index contributed by atoms with van der Waals surface area (Å²) < 4.78 is 54.8. The van der Waals surface area contributed by atoms with Gasteiger partial charge in [0.05, 0.1) is 15.8 Å². The molecule has 0 amide bonds. The molecule has 1 N–H and O–H groups in total. The standard InChI is InChI=1S/C22H15Cl2F3NOP/c23-17(15-7-3-1-4-8-15)13-30(29,14-18(24)16-9-5-2-6-10-16)28-20-12-11-19(25)21(26)22(20)27/h1-14H,(H,28,29)/b17-13+,18-14?. The summed E-state index contributed by atoms with van der Waals surface area (Å²) in [6.45, 7) is 0. The Hall–Kier alpha value is -2.46. The smallest absolute Gasteiger partial charge is 0.216 e. The largest absolute Gasteiger partial charge is 0.328 e. The SMILES string of the molecule is O=P(C=C(Cl)c1ccccc1)(/C=C(/Cl)c1ccccc1)Nc1ccc(F)c(F)c1F. The first-order valence-electron chi connectivity index (χ1n) is 8.68. The quantitative estimate of drug-likeness (QED) is 0.292. The van der Waals surface area contributed by atoms with Crippen LogP contribution in [0, 0.1) is 17.5 Å². The lowest BCUT2D eigenvalue weighted by atomic mass is 10.2. The van der Waals surface area contributed by atoms with Gasteiger partial charge in [0.25, 0.3) is 0 Å². The van der Waals surface area contributed by atoms with Crippen LogP contribution in [0.25, 0.3) is 10.1 Å². The zero-order chi connectivity index (χ0) is 21.7. The predicted octanol–water partition coefficient (Wildman–Crippen LogP) is 8.27. The van der Waals surface area contributed by atoms with Gasteiger partial charge in [0, 0.05) is 11.6 Å². The molecule has 0 aliphatic heterocycles. The van der Waals surface area contributed by atoms with E-state index >= 15 is 0 Å². The average molecular weight is 468 g/mol. The topological polar surface area (TPSA) is 29.1 Å². The fourth-order valence-corrected chi connectivity index (χ4v) is 5.43. The fourth-order valence-electron chi connectivity index (χ4n) is 2.58. The lowest BCUT2D eigenvalue weighted by Crippen LogP contribution is -2.00. The number of nitrogens with one attached hydrogen (secondary N) is 1. The van der Waals surface area contributed by atoms with Crippen LogP contribution in [0.15, 0.2) is 84.4 Å². The summed E-state index contributed by atoms with van der Waals surface area (Å²) in [5, 5.41) is 2.67. The number of hydrogen-bond acceptors (Lipinski definition) is 1. The monoisotopic (exact) mass is 467 g/mol. The van der Waals surface area contributed by atoms with Gasteiger partial charge in [0.15, 0.2) is 17.5 Å². The van der Waals surface area contributed by atoms with Gasteiger partial charge in [-0.3, -0.25) is 4.57 Å². The third-order valence-corrected chi connectivity index (χ3v) is 6.87. The van der Waals surface area contributed by atoms with E-state index in [0.717, 1.165) is 12.1 Å². The molecule has 8 heteroatoms. The Kier molecular flexibility index (Phi) is 7.09. The Morgan fingerprint density at radius 1 is 0.733 bits per heavy atom. The van der Waals surface area contributed by atoms with Gasteiger partial charge in [0.2, 0.25) is 7.29 Å². The molecule has 0 aromatic heterocycles. The highest BCUT2D eigenvalue weighted by Crippen LogP contribution is 2.54. The van der Waals surface area contributed by atoms with Crippen LogP contribution in [-0.4, -0.2) is 0 Å². The van der Waals surface area contributed by atoms with Crippen LogP contribution >= 0.6 is 30.5 Å². The molecular weight excluding hydrogens is 453 g/mol. The summed E-state index contributed by atoms with van der Waals surface area (Å²) in [5.74, 6) is -2.15. The van der Waals surface area contributed by atoms with Crippen molar-refractivity contribution in [3.63, 3.8) is 0 Å². The Bertz CT molecular complexity index is 1090. The van der Waals surface area contributed by atoms with Gasteiger partial charge in [0.1, 0.15) is 0 Å². The highest BCUT2D eigenvalue weighted by molar-refractivity contribution is 7.72. The molecule has 0 radical (unpaired) electrons. The molecule has 0 aliphatic rings. The minimum absolute atomic E-state index is 0.114. The van der Waals surface area contributed by atoms with E-state index < -0.39 is 30.4 Å². The second-order valence-electron chi connectivity index (χ2n) is 6.23. The first-order chi connectivity index (χ1) is 14.3. The fraction of sp³-hybridized carbons (Fsp3) is 0. The van der Waals surface area contributed by atoms with Crippen LogP contribution in [0.3, 0.4) is 0 Å². The van der Waals surface area contributed by atoms with E-state index in [4.69, 9.17) is 23.2 Å². The van der Waals surface area contributed by atoms with Gasteiger partial charge in [-0.2, -0.15) is 0 Å². The Morgan fingerprint density at radius 2 is 1.20 bits per heavy atom. The summed E-state index contributed by atoms with van der Waals surface area (Å²) in [6, 6.07) is 19.0. The molecule has 3 aromatic rings. The van der Waals surface area contributed by atoms with E-state index in [-0.39, 0.29) is 10.1 Å². The van der Waals surface area contributed by atoms with Gasteiger partial charge in [-0.05, 0) is 23.3 Å². The number of anilines is 1. The maximum absolute atomic E-state index is 14.2. The summed E-state index contributed by atoms with van der Waals surface area (Å²) in [5.41, 5.74) is 0.646. The Balaban J connectivity index is 2.09. The molecule has 0 heterocycles. The van der Waals surface area contributed by atoms with E-state index in [1.165, 1.54) is 11.6 Å². The molecule has 1 atom stereocenters. The van der Waals surface area contributed by atoms with Crippen LogP contribution in [-0.2, 0) is 4.57 Å². The zero-order valence-corrected chi connectivity index (χ0v) is 17.7. The van der Waals surface area contributed by atoms with Crippen molar-refractivity contribution in [2.24, 2.45) is 0 Å². The van der Waals surface area contributed by atoms with Gasteiger partial charge >= 0.3 is 0 Å². The third kappa shape index (κ3) is 5.37. The second kappa shape index (κ2) is 9.57. The molecule has 0 saturated heterocycles. The lowest BCUT2D eigenvalue weighted by molar-refractivity contribution is 0.449. The van der Waals surface area contributed by atoms with Gasteiger partial charge in [-0.15, -0.1) is 0 Å². The van der Waals surface area contributed by atoms with E-state index in [2.05, 4.69) is 5.09 Å². The molecule has 30 heavy (non-hydrogen) atoms. The van der Waals surface area contributed by atoms with Gasteiger partial charge in [-0.25, -0.2) is 13.2 Å². The molecule has 2 nitrogen and oxygen atoms in total. The third-order valence-electron chi connectivity index (χ3n) is 4.04. The minimum atomic E-state index is -3.81. The van der Waals surface area contributed by atoms with Crippen molar-refractivity contribution in [3.8, 4) is 0 Å². The maximum Gasteiger partial charge on any atom is 0.216 e. The van der Waals surface area contributed by atoms with Crippen molar-refractivity contribution >= 4 is 46.2 Å². The highest BCUT2D eigenvalue weighted by Gasteiger charge is 2.23. The van der Waals surface area contributed by atoms with E-state index in [9.17, 15) is 17.7 Å². The normalized spacial score (nSPS) is 14.3. The minimum Gasteiger partial charge on any atom is -0.328 e. The highest BCUT2D eigenvalue weighted by atomic mass is 35.5. The van der Waals surface area contributed by atoms with Crippen LogP contribution in [0.2, 0.25) is 0 Å². The summed E-state index contributed by atoms with van der Waals surface area (Å²) >= 11 is 12.7. The molecule has 0 saturated carbocycles. The molecular formula is C22H15Cl2F3NOP.